The predicted octanol–water partition coefficient (Wildman–Crippen LogP) is 2.92. The highest BCUT2D eigenvalue weighted by Crippen LogP contribution is 2.20. The van der Waals surface area contributed by atoms with Crippen LogP contribution in [0.1, 0.15) is 26.3 Å². The molecule has 0 saturated carbocycles. The van der Waals surface area contributed by atoms with Crippen LogP contribution in [0.2, 0.25) is 0 Å². The number of amides is 2. The van der Waals surface area contributed by atoms with Crippen LogP contribution in [-0.2, 0) is 26.2 Å². The van der Waals surface area contributed by atoms with Gasteiger partial charge in [0, 0.05) is 18.7 Å². The average molecular weight is 482 g/mol. The largest absolute Gasteiger partial charge is 0.354 e. The highest BCUT2D eigenvalue weighted by molar-refractivity contribution is 7.92. The van der Waals surface area contributed by atoms with Crippen molar-refractivity contribution in [2.24, 2.45) is 5.92 Å². The van der Waals surface area contributed by atoms with Gasteiger partial charge in [-0.2, -0.15) is 0 Å². The molecule has 0 fully saturated rings. The van der Waals surface area contributed by atoms with Crippen LogP contribution in [0.5, 0.6) is 0 Å². The number of hydrogen-bond donors (Lipinski definition) is 1. The molecule has 1 unspecified atom stereocenters. The van der Waals surface area contributed by atoms with Crippen molar-refractivity contribution in [3.63, 3.8) is 0 Å². The quantitative estimate of drug-likeness (QED) is 0.565. The Morgan fingerprint density at radius 3 is 2.15 bits per heavy atom. The highest BCUT2D eigenvalue weighted by atomic mass is 32.2. The van der Waals surface area contributed by atoms with Crippen LogP contribution in [0.25, 0.3) is 0 Å². The normalized spacial score (nSPS) is 12.3. The van der Waals surface area contributed by atoms with Crippen LogP contribution in [0.3, 0.4) is 0 Å². The SMILES string of the molecule is CC(C)CNC(=O)C(C)N(Cc1ccccc1F)C(=O)CN(c1ccc(F)cc1)S(C)(=O)=O. The summed E-state index contributed by atoms with van der Waals surface area (Å²) < 4.78 is 53.2. The van der Waals surface area contributed by atoms with Gasteiger partial charge in [0.15, 0.2) is 0 Å². The third-order valence-corrected chi connectivity index (χ3v) is 6.08. The number of anilines is 1. The number of nitrogens with one attached hydrogen (secondary N) is 1. The minimum atomic E-state index is -3.92. The zero-order valence-electron chi connectivity index (χ0n) is 19.1. The maximum absolute atomic E-state index is 14.3. The zero-order chi connectivity index (χ0) is 24.8. The molecule has 2 rings (SSSR count). The molecule has 0 spiro atoms. The van der Waals surface area contributed by atoms with Gasteiger partial charge >= 0.3 is 0 Å². The Kier molecular flexibility index (Phi) is 8.92. The van der Waals surface area contributed by atoms with Crippen molar-refractivity contribution in [1.82, 2.24) is 10.2 Å². The number of rotatable bonds is 10. The lowest BCUT2D eigenvalue weighted by Crippen LogP contribution is -2.51. The molecule has 0 aliphatic heterocycles. The summed E-state index contributed by atoms with van der Waals surface area (Å²) in [6, 6.07) is 9.48. The van der Waals surface area contributed by atoms with Gasteiger partial charge in [0.25, 0.3) is 0 Å². The standard InChI is InChI=1S/C23H29F2N3O4S/c1-16(2)13-26-23(30)17(3)27(14-18-7-5-6-8-21(18)25)22(29)15-28(33(4,31)32)20-11-9-19(24)10-12-20/h5-12,16-17H,13-15H2,1-4H3,(H,26,30). The van der Waals surface area contributed by atoms with Gasteiger partial charge in [0.05, 0.1) is 11.9 Å². The number of hydrogen-bond acceptors (Lipinski definition) is 4. The maximum atomic E-state index is 14.3. The van der Waals surface area contributed by atoms with Crippen molar-refractivity contribution in [1.29, 1.82) is 0 Å². The Morgan fingerprint density at radius 2 is 1.61 bits per heavy atom. The third-order valence-electron chi connectivity index (χ3n) is 4.94. The number of halogens is 2. The smallest absolute Gasteiger partial charge is 0.244 e. The van der Waals surface area contributed by atoms with Gasteiger partial charge in [-0.3, -0.25) is 13.9 Å². The van der Waals surface area contributed by atoms with Gasteiger partial charge < -0.3 is 10.2 Å². The fourth-order valence-corrected chi connectivity index (χ4v) is 3.92. The van der Waals surface area contributed by atoms with Crippen LogP contribution < -0.4 is 9.62 Å². The van der Waals surface area contributed by atoms with E-state index in [1.807, 2.05) is 13.8 Å². The first kappa shape index (κ1) is 26.2. The van der Waals surface area contributed by atoms with E-state index < -0.39 is 46.1 Å². The summed E-state index contributed by atoms with van der Waals surface area (Å²) in [5.74, 6) is -2.09. The van der Waals surface area contributed by atoms with Crippen molar-refractivity contribution in [2.45, 2.75) is 33.4 Å². The Morgan fingerprint density at radius 1 is 1.00 bits per heavy atom. The maximum Gasteiger partial charge on any atom is 0.244 e. The van der Waals surface area contributed by atoms with E-state index in [2.05, 4.69) is 5.32 Å². The van der Waals surface area contributed by atoms with Crippen LogP contribution in [-0.4, -0.2) is 50.5 Å². The molecule has 2 amide bonds. The average Bonchev–Trinajstić information content (AvgIpc) is 2.74. The van der Waals surface area contributed by atoms with Gasteiger partial charge in [0.2, 0.25) is 21.8 Å². The first-order valence-electron chi connectivity index (χ1n) is 10.4. The van der Waals surface area contributed by atoms with Gasteiger partial charge in [-0.25, -0.2) is 17.2 Å². The molecule has 0 radical (unpaired) electrons. The van der Waals surface area contributed by atoms with Crippen LogP contribution in [0.15, 0.2) is 48.5 Å². The van der Waals surface area contributed by atoms with Gasteiger partial charge in [-0.05, 0) is 43.2 Å². The first-order valence-corrected chi connectivity index (χ1v) is 12.3. The Bertz CT molecular complexity index is 1080. The lowest BCUT2D eigenvalue weighted by atomic mass is 10.1. The fourth-order valence-electron chi connectivity index (χ4n) is 3.07. The number of carbonyl (C=O) groups is 2. The second kappa shape index (κ2) is 11.2. The molecule has 0 aliphatic rings. The predicted molar refractivity (Wildman–Crippen MR) is 123 cm³/mol. The van der Waals surface area contributed by atoms with Crippen molar-refractivity contribution in [3.05, 3.63) is 65.7 Å². The van der Waals surface area contributed by atoms with Gasteiger partial charge in [0.1, 0.15) is 24.2 Å². The summed E-state index contributed by atoms with van der Waals surface area (Å²) >= 11 is 0. The second-order valence-corrected chi connectivity index (χ2v) is 10.1. The first-order chi connectivity index (χ1) is 15.4. The fraction of sp³-hybridized carbons (Fsp3) is 0.391. The van der Waals surface area contributed by atoms with E-state index in [0.717, 1.165) is 27.6 Å². The zero-order valence-corrected chi connectivity index (χ0v) is 19.9. The van der Waals surface area contributed by atoms with Crippen LogP contribution >= 0.6 is 0 Å². The summed E-state index contributed by atoms with van der Waals surface area (Å²) in [4.78, 5) is 27.1. The molecule has 2 aromatic carbocycles. The molecule has 180 valence electrons. The molecule has 33 heavy (non-hydrogen) atoms. The minimum Gasteiger partial charge on any atom is -0.354 e. The molecule has 0 aliphatic carbocycles. The van der Waals surface area contributed by atoms with Crippen LogP contribution in [0, 0.1) is 17.6 Å². The molecule has 0 bridgehead atoms. The van der Waals surface area contributed by atoms with Crippen LogP contribution in [0.4, 0.5) is 14.5 Å². The van der Waals surface area contributed by atoms with Crippen molar-refractivity contribution < 1.29 is 26.8 Å². The van der Waals surface area contributed by atoms with E-state index in [9.17, 15) is 26.8 Å². The van der Waals surface area contributed by atoms with E-state index in [0.29, 0.717) is 6.54 Å². The highest BCUT2D eigenvalue weighted by Gasteiger charge is 2.30. The summed E-state index contributed by atoms with van der Waals surface area (Å²) in [6.45, 7) is 4.84. The summed E-state index contributed by atoms with van der Waals surface area (Å²) in [5, 5.41) is 2.74. The van der Waals surface area contributed by atoms with E-state index >= 15 is 0 Å². The Hall–Kier alpha value is -3.01. The second-order valence-electron chi connectivity index (χ2n) is 8.17. The van der Waals surface area contributed by atoms with Gasteiger partial charge in [-0.1, -0.05) is 32.0 Å². The molecule has 0 aromatic heterocycles. The molecular formula is C23H29F2N3O4S. The van der Waals surface area contributed by atoms with Crippen molar-refractivity contribution >= 4 is 27.5 Å². The lowest BCUT2D eigenvalue weighted by molar-refractivity contribution is -0.139. The Labute approximate surface area is 193 Å². The monoisotopic (exact) mass is 481 g/mol. The third kappa shape index (κ3) is 7.52. The molecule has 0 heterocycles. The summed E-state index contributed by atoms with van der Waals surface area (Å²) in [5.41, 5.74) is 0.275. The Balaban J connectivity index is 2.36. The van der Waals surface area contributed by atoms with E-state index in [1.54, 1.807) is 6.07 Å². The molecule has 1 atom stereocenters. The lowest BCUT2D eigenvalue weighted by Gasteiger charge is -2.31. The molecule has 0 saturated heterocycles. The van der Waals surface area contributed by atoms with Gasteiger partial charge in [-0.15, -0.1) is 0 Å². The number of nitrogens with zero attached hydrogens (tertiary/aromatic N) is 2. The summed E-state index contributed by atoms with van der Waals surface area (Å²) in [7, 11) is -3.92. The van der Waals surface area contributed by atoms with E-state index in [4.69, 9.17) is 0 Å². The summed E-state index contributed by atoms with van der Waals surface area (Å²) in [6.07, 6.45) is 0.920. The topological polar surface area (TPSA) is 86.8 Å². The molecular weight excluding hydrogens is 452 g/mol. The molecule has 10 heteroatoms. The molecule has 2 aromatic rings. The van der Waals surface area contributed by atoms with Crippen molar-refractivity contribution in [2.75, 3.05) is 23.7 Å². The molecule has 1 N–H and O–H groups in total. The number of carbonyl (C=O) groups excluding carboxylic acids is 2. The van der Waals surface area contributed by atoms with E-state index in [-0.39, 0.29) is 23.7 Å². The van der Waals surface area contributed by atoms with Crippen molar-refractivity contribution in [3.8, 4) is 0 Å². The molecule has 7 nitrogen and oxygen atoms in total. The minimum absolute atomic E-state index is 0.0926. The number of benzene rings is 2. The van der Waals surface area contributed by atoms with E-state index in [1.165, 1.54) is 37.3 Å². The number of sulfonamides is 1.